The monoisotopic (exact) mass is 349 g/mol. The van der Waals surface area contributed by atoms with Crippen LogP contribution in [0.5, 0.6) is 5.75 Å². The molecule has 0 radical (unpaired) electrons. The molecule has 0 aliphatic rings. The number of nitrogens with zero attached hydrogens (tertiary/aromatic N) is 2. The number of carbonyl (C=O) groups is 1. The number of non-ortho nitro benzene ring substituents is 1. The summed E-state index contributed by atoms with van der Waals surface area (Å²) in [5, 5.41) is 24.2. The van der Waals surface area contributed by atoms with Crippen molar-refractivity contribution >= 4 is 22.8 Å². The Morgan fingerprint density at radius 3 is 2.44 bits per heavy atom. The maximum absolute atomic E-state index is 13.6. The van der Waals surface area contributed by atoms with Gasteiger partial charge in [0.1, 0.15) is 5.69 Å². The summed E-state index contributed by atoms with van der Waals surface area (Å²) in [7, 11) is 1.29. The minimum atomic E-state index is -0.799. The summed E-state index contributed by atoms with van der Waals surface area (Å²) in [6.07, 6.45) is 0. The normalized spacial score (nSPS) is 10.2. The quantitative estimate of drug-likeness (QED) is 0.463. The van der Waals surface area contributed by atoms with E-state index in [2.05, 4.69) is 5.32 Å². The van der Waals surface area contributed by atoms with Gasteiger partial charge in [-0.2, -0.15) is 0 Å². The first-order chi connectivity index (χ1) is 11.8. The molecule has 1 N–H and O–H groups in total. The second-order valence-corrected chi connectivity index (χ2v) is 4.84. The molecule has 0 saturated heterocycles. The number of rotatable bonds is 7. The number of nitro groups is 2. The van der Waals surface area contributed by atoms with E-state index in [1.165, 1.54) is 19.2 Å². The van der Waals surface area contributed by atoms with Crippen molar-refractivity contribution < 1.29 is 23.8 Å². The molecule has 0 unspecified atom stereocenters. The van der Waals surface area contributed by atoms with Crippen LogP contribution in [-0.4, -0.2) is 29.3 Å². The number of carbonyl (C=O) groups excluding carboxylic acids is 1. The van der Waals surface area contributed by atoms with E-state index < -0.39 is 32.8 Å². The molecule has 9 nitrogen and oxygen atoms in total. The highest BCUT2D eigenvalue weighted by Crippen LogP contribution is 2.29. The second kappa shape index (κ2) is 7.34. The van der Waals surface area contributed by atoms with Crippen LogP contribution in [0.15, 0.2) is 36.4 Å². The van der Waals surface area contributed by atoms with Crippen molar-refractivity contribution in [2.24, 2.45) is 0 Å². The Balaban J connectivity index is 2.17. The molecular weight excluding hydrogens is 337 g/mol. The van der Waals surface area contributed by atoms with E-state index in [1.54, 1.807) is 0 Å². The number of nitrogens with one attached hydrogen (secondary N) is 1. The standard InChI is InChI=1S/C15H12FN3O6/c1-25-15-5-2-9(6-11(15)16)14(20)8-17-12-4-3-10(18(21)22)7-13(12)19(23)24/h2-7,17H,8H2,1H3. The van der Waals surface area contributed by atoms with Gasteiger partial charge in [0.05, 0.1) is 29.6 Å². The molecule has 0 aromatic heterocycles. The van der Waals surface area contributed by atoms with Gasteiger partial charge in [0, 0.05) is 11.6 Å². The first-order valence-electron chi connectivity index (χ1n) is 6.87. The van der Waals surface area contributed by atoms with Gasteiger partial charge in [-0.05, 0) is 24.3 Å². The van der Waals surface area contributed by atoms with Crippen molar-refractivity contribution in [3.8, 4) is 5.75 Å². The molecule has 0 saturated carbocycles. The molecule has 0 aliphatic carbocycles. The fourth-order valence-electron chi connectivity index (χ4n) is 2.05. The van der Waals surface area contributed by atoms with Crippen LogP contribution in [0.1, 0.15) is 10.4 Å². The zero-order valence-electron chi connectivity index (χ0n) is 12.9. The fraction of sp³-hybridized carbons (Fsp3) is 0.133. The Labute approximate surface area is 140 Å². The third kappa shape index (κ3) is 4.05. The van der Waals surface area contributed by atoms with Crippen LogP contribution in [-0.2, 0) is 0 Å². The number of ether oxygens (including phenoxy) is 1. The first-order valence-corrected chi connectivity index (χ1v) is 6.87. The average Bonchev–Trinajstić information content (AvgIpc) is 2.59. The lowest BCUT2D eigenvalue weighted by atomic mass is 10.1. The van der Waals surface area contributed by atoms with Gasteiger partial charge in [-0.15, -0.1) is 0 Å². The third-order valence-electron chi connectivity index (χ3n) is 3.30. The van der Waals surface area contributed by atoms with Crippen LogP contribution in [0.4, 0.5) is 21.5 Å². The molecule has 0 amide bonds. The maximum Gasteiger partial charge on any atom is 0.299 e. The van der Waals surface area contributed by atoms with Crippen molar-refractivity contribution in [3.05, 3.63) is 68.0 Å². The number of Topliss-reactive ketones (excluding diaryl/α,β-unsaturated/α-hetero) is 1. The average molecular weight is 349 g/mol. The van der Waals surface area contributed by atoms with Crippen molar-refractivity contribution in [2.75, 3.05) is 19.0 Å². The van der Waals surface area contributed by atoms with Crippen molar-refractivity contribution in [1.82, 2.24) is 0 Å². The number of ketones is 1. The summed E-state index contributed by atoms with van der Waals surface area (Å²) >= 11 is 0. The highest BCUT2D eigenvalue weighted by molar-refractivity contribution is 5.99. The number of nitro benzene ring substituents is 2. The zero-order valence-corrected chi connectivity index (χ0v) is 12.9. The topological polar surface area (TPSA) is 125 Å². The lowest BCUT2D eigenvalue weighted by molar-refractivity contribution is -0.393. The van der Waals surface area contributed by atoms with E-state index in [0.29, 0.717) is 0 Å². The van der Waals surface area contributed by atoms with Gasteiger partial charge in [-0.1, -0.05) is 0 Å². The Morgan fingerprint density at radius 2 is 1.88 bits per heavy atom. The number of methoxy groups -OCH3 is 1. The van der Waals surface area contributed by atoms with E-state index in [-0.39, 0.29) is 23.5 Å². The van der Waals surface area contributed by atoms with E-state index in [9.17, 15) is 29.4 Å². The molecule has 0 bridgehead atoms. The van der Waals surface area contributed by atoms with Gasteiger partial charge < -0.3 is 10.1 Å². The number of halogens is 1. The third-order valence-corrected chi connectivity index (χ3v) is 3.30. The highest BCUT2D eigenvalue weighted by atomic mass is 19.1. The molecule has 2 aromatic carbocycles. The molecule has 0 atom stereocenters. The number of hydrogen-bond acceptors (Lipinski definition) is 7. The lowest BCUT2D eigenvalue weighted by Crippen LogP contribution is -2.15. The van der Waals surface area contributed by atoms with E-state index in [4.69, 9.17) is 4.74 Å². The van der Waals surface area contributed by atoms with Crippen molar-refractivity contribution in [3.63, 3.8) is 0 Å². The van der Waals surface area contributed by atoms with Gasteiger partial charge in [-0.25, -0.2) is 4.39 Å². The van der Waals surface area contributed by atoms with Crippen LogP contribution < -0.4 is 10.1 Å². The summed E-state index contributed by atoms with van der Waals surface area (Å²) in [5.41, 5.74) is -0.989. The number of benzene rings is 2. The zero-order chi connectivity index (χ0) is 18.6. The molecule has 0 spiro atoms. The highest BCUT2D eigenvalue weighted by Gasteiger charge is 2.20. The SMILES string of the molecule is COc1ccc(C(=O)CNc2ccc([N+](=O)[O-])cc2[N+](=O)[O-])cc1F. The molecule has 0 aliphatic heterocycles. The Morgan fingerprint density at radius 1 is 1.16 bits per heavy atom. The van der Waals surface area contributed by atoms with E-state index >= 15 is 0 Å². The van der Waals surface area contributed by atoms with E-state index in [0.717, 1.165) is 24.3 Å². The van der Waals surface area contributed by atoms with Crippen LogP contribution in [0, 0.1) is 26.0 Å². The van der Waals surface area contributed by atoms with Crippen LogP contribution in [0.2, 0.25) is 0 Å². The molecule has 0 fully saturated rings. The van der Waals surface area contributed by atoms with Crippen molar-refractivity contribution in [2.45, 2.75) is 0 Å². The maximum atomic E-state index is 13.6. The van der Waals surface area contributed by atoms with Crippen LogP contribution >= 0.6 is 0 Å². The Bertz CT molecular complexity index is 855. The number of hydrogen-bond donors (Lipinski definition) is 1. The Kier molecular flexibility index (Phi) is 5.22. The van der Waals surface area contributed by atoms with E-state index in [1.807, 2.05) is 0 Å². The van der Waals surface area contributed by atoms with Gasteiger partial charge in [0.2, 0.25) is 0 Å². The molecule has 130 valence electrons. The van der Waals surface area contributed by atoms with Crippen molar-refractivity contribution in [1.29, 1.82) is 0 Å². The smallest absolute Gasteiger partial charge is 0.299 e. The molecule has 2 rings (SSSR count). The summed E-state index contributed by atoms with van der Waals surface area (Å²) in [6.45, 7) is -0.357. The van der Waals surface area contributed by atoms with Gasteiger partial charge in [0.15, 0.2) is 17.3 Å². The van der Waals surface area contributed by atoms with Gasteiger partial charge in [-0.3, -0.25) is 25.0 Å². The van der Waals surface area contributed by atoms with Crippen LogP contribution in [0.25, 0.3) is 0 Å². The summed E-state index contributed by atoms with van der Waals surface area (Å²) in [4.78, 5) is 32.2. The van der Waals surface area contributed by atoms with Gasteiger partial charge in [0.25, 0.3) is 11.4 Å². The predicted octanol–water partition coefficient (Wildman–Crippen LogP) is 2.95. The van der Waals surface area contributed by atoms with Crippen LogP contribution in [0.3, 0.4) is 0 Å². The fourth-order valence-corrected chi connectivity index (χ4v) is 2.05. The minimum Gasteiger partial charge on any atom is -0.494 e. The summed E-state index contributed by atoms with van der Waals surface area (Å²) < 4.78 is 18.4. The summed E-state index contributed by atoms with van der Waals surface area (Å²) in [5.74, 6) is -1.25. The Hall–Kier alpha value is -3.56. The lowest BCUT2D eigenvalue weighted by Gasteiger charge is -2.08. The molecule has 10 heteroatoms. The number of anilines is 1. The summed E-state index contributed by atoms with van der Waals surface area (Å²) in [6, 6.07) is 6.64. The van der Waals surface area contributed by atoms with Gasteiger partial charge >= 0.3 is 0 Å². The molecular formula is C15H12FN3O6. The largest absolute Gasteiger partial charge is 0.494 e. The predicted molar refractivity (Wildman–Crippen MR) is 85.5 cm³/mol. The molecule has 2 aromatic rings. The minimum absolute atomic E-state index is 0.0180. The molecule has 0 heterocycles. The second-order valence-electron chi connectivity index (χ2n) is 4.84. The first kappa shape index (κ1) is 17.8. The molecule has 25 heavy (non-hydrogen) atoms.